The Morgan fingerprint density at radius 1 is 1.07 bits per heavy atom. The Bertz CT molecular complexity index is 910. The molecule has 144 valence electrons. The lowest BCUT2D eigenvalue weighted by Crippen LogP contribution is -2.27. The van der Waals surface area contributed by atoms with Crippen molar-refractivity contribution in [1.29, 1.82) is 0 Å². The average Bonchev–Trinajstić information content (AvgIpc) is 2.68. The van der Waals surface area contributed by atoms with E-state index < -0.39 is 0 Å². The van der Waals surface area contributed by atoms with Gasteiger partial charge in [-0.3, -0.25) is 14.4 Å². The van der Waals surface area contributed by atoms with E-state index in [0.717, 1.165) is 0 Å². The average molecular weight is 443 g/mol. The van der Waals surface area contributed by atoms with Gasteiger partial charge in [-0.2, -0.15) is 0 Å². The molecule has 0 unspecified atom stereocenters. The van der Waals surface area contributed by atoms with Gasteiger partial charge < -0.3 is 16.0 Å². The Kier molecular flexibility index (Phi) is 7.65. The Balaban J connectivity index is 1.88. The largest absolute Gasteiger partial charge is 0.352 e. The van der Waals surface area contributed by atoms with Crippen molar-refractivity contribution < 1.29 is 14.4 Å². The van der Waals surface area contributed by atoms with E-state index in [-0.39, 0.29) is 23.4 Å². The molecule has 0 atom stereocenters. The summed E-state index contributed by atoms with van der Waals surface area (Å²) in [6.45, 7) is 7.47. The molecule has 3 amide bonds. The van der Waals surface area contributed by atoms with E-state index in [0.29, 0.717) is 34.5 Å². The lowest BCUT2D eigenvalue weighted by atomic mass is 10.2. The third-order valence-corrected chi connectivity index (χ3v) is 4.00. The smallest absolute Gasteiger partial charge is 0.274 e. The number of amides is 3. The Morgan fingerprint density at radius 2 is 1.79 bits per heavy atom. The molecule has 28 heavy (non-hydrogen) atoms. The highest BCUT2D eigenvalue weighted by molar-refractivity contribution is 9.10. The highest BCUT2D eigenvalue weighted by Crippen LogP contribution is 2.13. The fourth-order valence-electron chi connectivity index (χ4n) is 2.14. The molecule has 1 heterocycles. The van der Waals surface area contributed by atoms with Crippen LogP contribution in [0, 0.1) is 0 Å². The maximum atomic E-state index is 12.2. The first-order chi connectivity index (χ1) is 13.4. The van der Waals surface area contributed by atoms with Gasteiger partial charge in [0.15, 0.2) is 0 Å². The number of anilines is 1. The van der Waals surface area contributed by atoms with Crippen molar-refractivity contribution in [2.45, 2.75) is 6.42 Å². The van der Waals surface area contributed by atoms with Gasteiger partial charge in [-0.1, -0.05) is 19.2 Å². The summed E-state index contributed by atoms with van der Waals surface area (Å²) in [7, 11) is 0. The van der Waals surface area contributed by atoms with Crippen molar-refractivity contribution in [2.75, 3.05) is 11.9 Å². The summed E-state index contributed by atoms with van der Waals surface area (Å²) in [5.74, 6) is -0.963. The fraction of sp³-hybridized carbons (Fsp3) is 0.100. The zero-order chi connectivity index (χ0) is 20.5. The number of aromatic nitrogens is 1. The predicted molar refractivity (Wildman–Crippen MR) is 111 cm³/mol. The Hall–Kier alpha value is -3.26. The van der Waals surface area contributed by atoms with Crippen molar-refractivity contribution in [1.82, 2.24) is 15.6 Å². The fourth-order valence-corrected chi connectivity index (χ4v) is 2.48. The molecule has 0 aliphatic rings. The second-order valence-corrected chi connectivity index (χ2v) is 6.49. The predicted octanol–water partition coefficient (Wildman–Crippen LogP) is 3.03. The summed E-state index contributed by atoms with van der Waals surface area (Å²) in [6, 6.07) is 11.5. The molecule has 0 aliphatic heterocycles. The number of hydrogen-bond acceptors (Lipinski definition) is 4. The van der Waals surface area contributed by atoms with Gasteiger partial charge in [-0.05, 0) is 58.4 Å². The van der Waals surface area contributed by atoms with Gasteiger partial charge in [0.2, 0.25) is 5.91 Å². The van der Waals surface area contributed by atoms with Crippen molar-refractivity contribution in [3.8, 4) is 0 Å². The summed E-state index contributed by atoms with van der Waals surface area (Å²) in [5, 5.41) is 7.99. The van der Waals surface area contributed by atoms with Gasteiger partial charge in [0.05, 0.1) is 0 Å². The number of hydrogen-bond donors (Lipinski definition) is 3. The summed E-state index contributed by atoms with van der Waals surface area (Å²) >= 11 is 3.22. The highest BCUT2D eigenvalue weighted by atomic mass is 79.9. The van der Waals surface area contributed by atoms with Gasteiger partial charge in [0.25, 0.3) is 11.8 Å². The zero-order valence-corrected chi connectivity index (χ0v) is 16.6. The highest BCUT2D eigenvalue weighted by Gasteiger charge is 2.10. The number of halogens is 1. The molecule has 0 saturated heterocycles. The maximum Gasteiger partial charge on any atom is 0.274 e. The molecule has 0 spiro atoms. The van der Waals surface area contributed by atoms with Gasteiger partial charge in [0.1, 0.15) is 10.3 Å². The van der Waals surface area contributed by atoms with Crippen LogP contribution in [0.1, 0.15) is 27.3 Å². The maximum absolute atomic E-state index is 12.2. The van der Waals surface area contributed by atoms with Crippen LogP contribution >= 0.6 is 15.9 Å². The van der Waals surface area contributed by atoms with Crippen LogP contribution in [0.2, 0.25) is 0 Å². The second-order valence-electron chi connectivity index (χ2n) is 5.68. The first-order valence-corrected chi connectivity index (χ1v) is 9.11. The number of carbonyl (C=O) groups is 3. The second kappa shape index (κ2) is 10.2. The monoisotopic (exact) mass is 442 g/mol. The molecular formula is C20H19BrN4O3. The molecule has 8 heteroatoms. The van der Waals surface area contributed by atoms with E-state index in [1.54, 1.807) is 42.5 Å². The van der Waals surface area contributed by atoms with Crippen molar-refractivity contribution in [3.63, 3.8) is 0 Å². The first-order valence-electron chi connectivity index (χ1n) is 8.32. The number of carbonyl (C=O) groups excluding carboxylic acids is 3. The Labute approximate surface area is 171 Å². The summed E-state index contributed by atoms with van der Waals surface area (Å²) in [4.78, 5) is 39.6. The Morgan fingerprint density at radius 3 is 2.43 bits per heavy atom. The summed E-state index contributed by atoms with van der Waals surface area (Å²) in [6.07, 6.45) is 1.58. The standard InChI is InChI=1S/C20H19BrN4O3/c1-3-18(26)22-12-11-13(2)23-19(27)14-7-9-15(10-8-14)24-20(28)16-5-4-6-17(21)25-16/h3-10H,1-2,11-12H2,(H,22,26)(H,23,27)(H,24,28). The molecule has 1 aromatic heterocycles. The van der Waals surface area contributed by atoms with Crippen molar-refractivity contribution in [3.05, 3.63) is 83.3 Å². The van der Waals surface area contributed by atoms with E-state index in [2.05, 4.69) is 50.0 Å². The minimum Gasteiger partial charge on any atom is -0.352 e. The van der Waals surface area contributed by atoms with Gasteiger partial charge >= 0.3 is 0 Å². The molecule has 2 aromatic rings. The molecule has 3 N–H and O–H groups in total. The van der Waals surface area contributed by atoms with Crippen LogP contribution < -0.4 is 16.0 Å². The SMILES string of the molecule is C=CC(=O)NCCC(=C)NC(=O)c1ccc(NC(=O)c2cccc(Br)n2)cc1. The van der Waals surface area contributed by atoms with Crippen LogP contribution in [0.25, 0.3) is 0 Å². The van der Waals surface area contributed by atoms with Crippen LogP contribution in [0.15, 0.2) is 72.0 Å². The molecular weight excluding hydrogens is 424 g/mol. The third kappa shape index (κ3) is 6.48. The van der Waals surface area contributed by atoms with E-state index in [4.69, 9.17) is 0 Å². The molecule has 0 aliphatic carbocycles. The van der Waals surface area contributed by atoms with Gasteiger partial charge in [-0.15, -0.1) is 0 Å². The van der Waals surface area contributed by atoms with E-state index in [1.807, 2.05) is 0 Å². The quantitative estimate of drug-likeness (QED) is 0.431. The lowest BCUT2D eigenvalue weighted by molar-refractivity contribution is -0.116. The molecule has 0 radical (unpaired) electrons. The topological polar surface area (TPSA) is 100 Å². The number of pyridine rings is 1. The number of nitrogens with one attached hydrogen (secondary N) is 3. The molecule has 2 rings (SSSR count). The summed E-state index contributed by atoms with van der Waals surface area (Å²) in [5.41, 5.74) is 1.70. The molecule has 0 bridgehead atoms. The van der Waals surface area contributed by atoms with E-state index >= 15 is 0 Å². The third-order valence-electron chi connectivity index (χ3n) is 3.55. The normalized spacial score (nSPS) is 9.89. The van der Waals surface area contributed by atoms with Crippen LogP contribution in [0.3, 0.4) is 0 Å². The van der Waals surface area contributed by atoms with Crippen molar-refractivity contribution >= 4 is 39.3 Å². The molecule has 0 fully saturated rings. The van der Waals surface area contributed by atoms with Crippen LogP contribution in [-0.4, -0.2) is 29.3 Å². The lowest BCUT2D eigenvalue weighted by Gasteiger charge is -2.10. The minimum absolute atomic E-state index is 0.274. The van der Waals surface area contributed by atoms with Crippen LogP contribution in [0.4, 0.5) is 5.69 Å². The number of benzene rings is 1. The molecule has 7 nitrogen and oxygen atoms in total. The number of nitrogens with zero attached hydrogens (tertiary/aromatic N) is 1. The molecule has 1 aromatic carbocycles. The van der Waals surface area contributed by atoms with Crippen molar-refractivity contribution in [2.24, 2.45) is 0 Å². The number of rotatable bonds is 8. The minimum atomic E-state index is -0.353. The molecule has 0 saturated carbocycles. The summed E-state index contributed by atoms with van der Waals surface area (Å²) < 4.78 is 0.566. The van der Waals surface area contributed by atoms with E-state index in [9.17, 15) is 14.4 Å². The van der Waals surface area contributed by atoms with Gasteiger partial charge in [-0.25, -0.2) is 4.98 Å². The zero-order valence-electron chi connectivity index (χ0n) is 15.0. The van der Waals surface area contributed by atoms with Gasteiger partial charge in [0, 0.05) is 29.9 Å². The van der Waals surface area contributed by atoms with E-state index in [1.165, 1.54) is 6.08 Å². The van der Waals surface area contributed by atoms with Crippen LogP contribution in [-0.2, 0) is 4.79 Å². The first kappa shape index (κ1) is 21.0. The van der Waals surface area contributed by atoms with Crippen LogP contribution in [0.5, 0.6) is 0 Å².